The fourth-order valence-electron chi connectivity index (χ4n) is 7.65. The Hall–Kier alpha value is -3.00. The average Bonchev–Trinajstić information content (AvgIpc) is 3.84. The van der Waals surface area contributed by atoms with E-state index in [1.165, 1.54) is 122 Å². The zero-order valence-corrected chi connectivity index (χ0v) is 38.4. The van der Waals surface area contributed by atoms with Crippen LogP contribution in [0.2, 0.25) is 0 Å². The van der Waals surface area contributed by atoms with Gasteiger partial charge in [0.05, 0.1) is 18.8 Å². The van der Waals surface area contributed by atoms with Gasteiger partial charge in [-0.15, -0.1) is 0 Å². The highest BCUT2D eigenvalue weighted by atomic mass is 16.8. The third kappa shape index (κ3) is 22.3. The van der Waals surface area contributed by atoms with Crippen LogP contribution in [0.3, 0.4) is 0 Å². The van der Waals surface area contributed by atoms with Crippen molar-refractivity contribution < 1.29 is 62.9 Å². The van der Waals surface area contributed by atoms with E-state index >= 15 is 0 Å². The maximum Gasteiger partial charge on any atom is 0.378 e. The summed E-state index contributed by atoms with van der Waals surface area (Å²) in [6.45, 7) is 9.33. The lowest BCUT2D eigenvalue weighted by atomic mass is 10.0. The summed E-state index contributed by atoms with van der Waals surface area (Å²) in [6, 6.07) is 0. The molecule has 0 spiro atoms. The van der Waals surface area contributed by atoms with E-state index < -0.39 is 66.2 Å². The summed E-state index contributed by atoms with van der Waals surface area (Å²) in [6.07, 6.45) is 28.5. The lowest BCUT2D eigenvalue weighted by Gasteiger charge is -2.21. The van der Waals surface area contributed by atoms with E-state index in [1.807, 2.05) is 0 Å². The molecule has 3 heterocycles. The minimum Gasteiger partial charge on any atom is -0.499 e. The van der Waals surface area contributed by atoms with Crippen molar-refractivity contribution in [2.24, 2.45) is 0 Å². The van der Waals surface area contributed by atoms with E-state index in [1.54, 1.807) is 20.8 Å². The molecule has 4 atom stereocenters. The first-order valence-corrected chi connectivity index (χ1v) is 23.9. The van der Waals surface area contributed by atoms with Crippen molar-refractivity contribution in [1.82, 2.24) is 0 Å². The van der Waals surface area contributed by atoms with Gasteiger partial charge in [-0.05, 0) is 33.6 Å². The first-order chi connectivity index (χ1) is 29.3. The van der Waals surface area contributed by atoms with Gasteiger partial charge in [0.25, 0.3) is 0 Å². The minimum absolute atomic E-state index is 0.157. The molecular weight excluding hydrogens is 785 g/mol. The molecule has 13 nitrogen and oxygen atoms in total. The molecule has 3 rings (SSSR count). The summed E-state index contributed by atoms with van der Waals surface area (Å²) in [7, 11) is 0. The number of ether oxygens (including phenoxy) is 6. The number of aliphatic hydroxyl groups is 3. The van der Waals surface area contributed by atoms with Gasteiger partial charge in [-0.25, -0.2) is 9.59 Å². The van der Waals surface area contributed by atoms with Crippen LogP contribution in [-0.2, 0) is 47.6 Å². The number of cyclic esters (lactones) is 2. The molecule has 0 radical (unpaired) electrons. The van der Waals surface area contributed by atoms with Gasteiger partial charge in [-0.2, -0.15) is 0 Å². The summed E-state index contributed by atoms with van der Waals surface area (Å²) >= 11 is 0. The number of rotatable bonds is 33. The van der Waals surface area contributed by atoms with E-state index in [9.17, 15) is 29.4 Å². The molecule has 3 N–H and O–H groups in total. The zero-order chi connectivity index (χ0) is 44.9. The zero-order valence-electron chi connectivity index (χ0n) is 38.4. The number of unbranched alkanes of at least 4 members (excludes halogenated alkanes) is 24. The topological polar surface area (TPSA) is 184 Å². The van der Waals surface area contributed by atoms with Crippen LogP contribution in [0.1, 0.15) is 214 Å². The Morgan fingerprint density at radius 2 is 1.03 bits per heavy atom. The highest BCUT2D eigenvalue weighted by molar-refractivity contribution is 5.92. The van der Waals surface area contributed by atoms with Crippen molar-refractivity contribution in [3.05, 3.63) is 22.9 Å². The smallest absolute Gasteiger partial charge is 0.378 e. The average molecular weight is 867 g/mol. The number of aliphatic hydroxyl groups excluding tert-OH is 3. The monoisotopic (exact) mass is 867 g/mol. The molecule has 3 aliphatic rings. The quantitative estimate of drug-likeness (QED) is 0.0322. The van der Waals surface area contributed by atoms with Gasteiger partial charge in [0.2, 0.25) is 11.5 Å². The van der Waals surface area contributed by atoms with Gasteiger partial charge >= 0.3 is 23.9 Å². The predicted octanol–water partition coefficient (Wildman–Crippen LogP) is 10.4. The highest BCUT2D eigenvalue weighted by Gasteiger charge is 2.46. The Balaban J connectivity index is 0.000000422. The molecule has 0 aromatic rings. The Morgan fingerprint density at radius 3 is 1.41 bits per heavy atom. The predicted molar refractivity (Wildman–Crippen MR) is 233 cm³/mol. The van der Waals surface area contributed by atoms with Crippen LogP contribution in [0.5, 0.6) is 0 Å². The second kappa shape index (κ2) is 31.8. The van der Waals surface area contributed by atoms with Gasteiger partial charge in [-0.3, -0.25) is 9.59 Å². The van der Waals surface area contributed by atoms with Crippen molar-refractivity contribution in [3.8, 4) is 0 Å². The number of esters is 4. The van der Waals surface area contributed by atoms with E-state index in [4.69, 9.17) is 33.5 Å². The molecule has 0 saturated carbocycles. The largest absolute Gasteiger partial charge is 0.499 e. The number of hydrogen-bond acceptors (Lipinski definition) is 13. The second-order valence-electron chi connectivity index (χ2n) is 17.4. The van der Waals surface area contributed by atoms with Crippen molar-refractivity contribution >= 4 is 23.9 Å². The molecule has 0 bridgehead atoms. The van der Waals surface area contributed by atoms with Crippen LogP contribution in [-0.4, -0.2) is 82.6 Å². The first-order valence-electron chi connectivity index (χ1n) is 23.9. The molecular formula is C48H82O13. The number of carbonyl (C=O) groups is 4. The van der Waals surface area contributed by atoms with Crippen LogP contribution >= 0.6 is 0 Å². The summed E-state index contributed by atoms with van der Waals surface area (Å²) < 4.78 is 32.0. The Kier molecular flexibility index (Phi) is 28.2. The fraction of sp³-hybridized carbons (Fsp3) is 0.833. The van der Waals surface area contributed by atoms with E-state index in [0.29, 0.717) is 18.4 Å². The molecule has 352 valence electrons. The molecule has 61 heavy (non-hydrogen) atoms. The SMILES string of the molecule is CCCCCCCCCCCCCCCC(=O)OC1=C(C)C(=O)O[C@@H]1[C@@H]1COC(C)(C)O1.CCCCCCCCCCCCCCCC(=O)OC1=C(O)C(=O)O[C@@H]1[C@@H](O)CO. The van der Waals surface area contributed by atoms with E-state index in [-0.39, 0.29) is 24.8 Å². The molecule has 1 fully saturated rings. The van der Waals surface area contributed by atoms with Crippen molar-refractivity contribution in [2.45, 2.75) is 245 Å². The Bertz CT molecular complexity index is 1340. The summed E-state index contributed by atoms with van der Waals surface area (Å²) in [5.74, 6) is -4.17. The first kappa shape index (κ1) is 54.1. The summed E-state index contributed by atoms with van der Waals surface area (Å²) in [4.78, 5) is 47.7. The summed E-state index contributed by atoms with van der Waals surface area (Å²) in [5.41, 5.74) is 0.335. The molecule has 13 heteroatoms. The Labute approximate surface area is 366 Å². The third-order valence-electron chi connectivity index (χ3n) is 11.4. The van der Waals surface area contributed by atoms with Crippen molar-refractivity contribution in [1.29, 1.82) is 0 Å². The van der Waals surface area contributed by atoms with Crippen molar-refractivity contribution in [3.63, 3.8) is 0 Å². The molecule has 0 aromatic heterocycles. The maximum absolute atomic E-state index is 12.3. The fourth-order valence-corrected chi connectivity index (χ4v) is 7.65. The van der Waals surface area contributed by atoms with Gasteiger partial charge in [0.1, 0.15) is 12.2 Å². The van der Waals surface area contributed by atoms with E-state index in [0.717, 1.165) is 38.5 Å². The number of carbonyl (C=O) groups excluding carboxylic acids is 4. The van der Waals surface area contributed by atoms with Crippen LogP contribution in [0.25, 0.3) is 0 Å². The molecule has 0 unspecified atom stereocenters. The normalized spacial score (nSPS) is 20.1. The Morgan fingerprint density at radius 1 is 0.639 bits per heavy atom. The van der Waals surface area contributed by atoms with E-state index in [2.05, 4.69) is 13.8 Å². The molecule has 3 aliphatic heterocycles. The lowest BCUT2D eigenvalue weighted by molar-refractivity contribution is -0.164. The van der Waals surface area contributed by atoms with Gasteiger partial charge in [0.15, 0.2) is 23.8 Å². The van der Waals surface area contributed by atoms with Crippen LogP contribution in [0.15, 0.2) is 22.9 Å². The highest BCUT2D eigenvalue weighted by Crippen LogP contribution is 2.34. The van der Waals surface area contributed by atoms with Crippen LogP contribution in [0, 0.1) is 0 Å². The van der Waals surface area contributed by atoms with Gasteiger partial charge < -0.3 is 43.7 Å². The summed E-state index contributed by atoms with van der Waals surface area (Å²) in [5, 5.41) is 28.2. The molecule has 0 aromatic carbocycles. The van der Waals surface area contributed by atoms with Crippen LogP contribution in [0.4, 0.5) is 0 Å². The van der Waals surface area contributed by atoms with Crippen LogP contribution < -0.4 is 0 Å². The second-order valence-corrected chi connectivity index (χ2v) is 17.4. The molecule has 0 aliphatic carbocycles. The third-order valence-corrected chi connectivity index (χ3v) is 11.4. The van der Waals surface area contributed by atoms with Gasteiger partial charge in [-0.1, -0.05) is 168 Å². The molecule has 1 saturated heterocycles. The standard InChI is InChI=1S/C26H44O6.C22H38O7/c1-5-6-7-8-9-10-11-12-13-14-15-16-17-18-22(27)30-23-20(2)25(28)31-24(23)21-19-29-26(3,4)32-21;1-2-3-4-5-6-7-8-9-10-11-12-13-14-15-18(25)28-21-19(26)22(27)29-20(21)17(24)16-23/h21,24H,5-19H2,1-4H3;17,20,23-24,26H,2-16H2,1H3/t21-,24+;17-,20+/m00/s1. The van der Waals surface area contributed by atoms with Crippen molar-refractivity contribution in [2.75, 3.05) is 13.2 Å². The lowest BCUT2D eigenvalue weighted by Crippen LogP contribution is -2.34. The molecule has 0 amide bonds. The minimum atomic E-state index is -1.46. The number of hydrogen-bond donors (Lipinski definition) is 3. The van der Waals surface area contributed by atoms with Gasteiger partial charge in [0, 0.05) is 12.8 Å². The maximum atomic E-state index is 12.3.